The number of carbonyl (C=O) groups excluding carboxylic acids is 2. The molecule has 0 saturated carbocycles. The number of unbranched alkanes of at least 4 members (excludes halogenated alkanes) is 1. The zero-order valence-electron chi connectivity index (χ0n) is 14.5. The smallest absolute Gasteiger partial charge is 0.312 e. The van der Waals surface area contributed by atoms with Gasteiger partial charge in [-0.15, -0.1) is 0 Å². The third kappa shape index (κ3) is 6.18. The molecule has 1 aliphatic heterocycles. The Bertz CT molecular complexity index is 536. The fourth-order valence-corrected chi connectivity index (χ4v) is 3.13. The van der Waals surface area contributed by atoms with Gasteiger partial charge in [-0.25, -0.2) is 4.79 Å². The molecule has 24 heavy (non-hydrogen) atoms. The molecule has 1 aromatic rings. The summed E-state index contributed by atoms with van der Waals surface area (Å²) in [5.74, 6) is 0.883. The van der Waals surface area contributed by atoms with E-state index in [1.807, 2.05) is 24.0 Å². The summed E-state index contributed by atoms with van der Waals surface area (Å²) in [4.78, 5) is 29.2. The van der Waals surface area contributed by atoms with E-state index in [9.17, 15) is 9.59 Å². The normalized spacial score (nSPS) is 15.3. The summed E-state index contributed by atoms with van der Waals surface area (Å²) in [6, 6.07) is 3.47. The maximum absolute atomic E-state index is 12.4. The van der Waals surface area contributed by atoms with Gasteiger partial charge in [-0.05, 0) is 43.7 Å². The van der Waals surface area contributed by atoms with E-state index in [0.29, 0.717) is 18.9 Å². The van der Waals surface area contributed by atoms with Gasteiger partial charge in [-0.3, -0.25) is 9.78 Å². The number of nitrogens with two attached hydrogens (primary N) is 1. The van der Waals surface area contributed by atoms with Crippen LogP contribution < -0.4 is 11.1 Å². The van der Waals surface area contributed by atoms with Crippen molar-refractivity contribution in [1.82, 2.24) is 15.2 Å². The molecule has 0 bridgehead atoms. The van der Waals surface area contributed by atoms with E-state index in [2.05, 4.69) is 10.3 Å². The monoisotopic (exact) mass is 332 g/mol. The maximum Gasteiger partial charge on any atom is 0.312 e. The number of nitrogens with one attached hydrogen (secondary N) is 1. The van der Waals surface area contributed by atoms with Crippen molar-refractivity contribution in [2.24, 2.45) is 11.7 Å². The molecule has 0 unspecified atom stereocenters. The maximum atomic E-state index is 12.4. The number of primary amides is 1. The molecule has 0 radical (unpaired) electrons. The highest BCUT2D eigenvalue weighted by molar-refractivity contribution is 5.78. The predicted octanol–water partition coefficient (Wildman–Crippen LogP) is 2.01. The number of rotatable bonds is 7. The third-order valence-electron chi connectivity index (χ3n) is 4.63. The van der Waals surface area contributed by atoms with E-state index < -0.39 is 6.03 Å². The number of likely N-dealkylation sites (tertiary alicyclic amines) is 1. The van der Waals surface area contributed by atoms with Crippen molar-refractivity contribution in [2.45, 2.75) is 45.4 Å². The number of aromatic nitrogens is 1. The van der Waals surface area contributed by atoms with Crippen molar-refractivity contribution in [3.05, 3.63) is 29.6 Å². The van der Waals surface area contributed by atoms with Gasteiger partial charge in [0.1, 0.15) is 0 Å². The zero-order valence-corrected chi connectivity index (χ0v) is 14.5. The second-order valence-electron chi connectivity index (χ2n) is 6.60. The Morgan fingerprint density at radius 2 is 2.04 bits per heavy atom. The molecule has 132 valence electrons. The lowest BCUT2D eigenvalue weighted by Crippen LogP contribution is -2.39. The number of urea groups is 1. The van der Waals surface area contributed by atoms with Gasteiger partial charge in [0.2, 0.25) is 5.91 Å². The highest BCUT2D eigenvalue weighted by Crippen LogP contribution is 2.23. The first kappa shape index (κ1) is 18.2. The van der Waals surface area contributed by atoms with E-state index in [1.165, 1.54) is 0 Å². The van der Waals surface area contributed by atoms with Crippen molar-refractivity contribution in [1.29, 1.82) is 0 Å². The Morgan fingerprint density at radius 1 is 1.29 bits per heavy atom. The van der Waals surface area contributed by atoms with Crippen molar-refractivity contribution in [3.8, 4) is 0 Å². The summed E-state index contributed by atoms with van der Waals surface area (Å²) in [7, 11) is 0. The van der Waals surface area contributed by atoms with Crippen LogP contribution in [0.4, 0.5) is 4.79 Å². The van der Waals surface area contributed by atoms with Crippen molar-refractivity contribution in [3.63, 3.8) is 0 Å². The van der Waals surface area contributed by atoms with Crippen molar-refractivity contribution in [2.75, 3.05) is 19.6 Å². The number of amides is 3. The van der Waals surface area contributed by atoms with E-state index in [-0.39, 0.29) is 5.91 Å². The standard InChI is InChI=1S/C18H28N4O2/c1-14-5-6-16(13-21-14)12-17(23)22-10-7-15(8-11-22)4-2-3-9-20-18(19)24/h5-6,13,15H,2-4,7-12H2,1H3,(H3,19,20,24). The minimum absolute atomic E-state index is 0.199. The van der Waals surface area contributed by atoms with Crippen LogP contribution in [0, 0.1) is 12.8 Å². The Kier molecular flexibility index (Phi) is 7.03. The summed E-state index contributed by atoms with van der Waals surface area (Å²) in [6.07, 6.45) is 7.58. The van der Waals surface area contributed by atoms with Crippen LogP contribution in [0.5, 0.6) is 0 Å². The third-order valence-corrected chi connectivity index (χ3v) is 4.63. The van der Waals surface area contributed by atoms with Gasteiger partial charge in [0, 0.05) is 31.5 Å². The lowest BCUT2D eigenvalue weighted by Gasteiger charge is -2.32. The molecular weight excluding hydrogens is 304 g/mol. The molecule has 6 heteroatoms. The quantitative estimate of drug-likeness (QED) is 0.749. The fourth-order valence-electron chi connectivity index (χ4n) is 3.13. The molecule has 0 spiro atoms. The van der Waals surface area contributed by atoms with Crippen LogP contribution in [-0.2, 0) is 11.2 Å². The van der Waals surface area contributed by atoms with Crippen LogP contribution in [0.3, 0.4) is 0 Å². The Labute approximate surface area is 143 Å². The largest absolute Gasteiger partial charge is 0.352 e. The minimum Gasteiger partial charge on any atom is -0.352 e. The van der Waals surface area contributed by atoms with E-state index in [1.54, 1.807) is 6.20 Å². The molecule has 2 rings (SSSR count). The van der Waals surface area contributed by atoms with Gasteiger partial charge in [-0.1, -0.05) is 18.9 Å². The Balaban J connectivity index is 1.64. The van der Waals surface area contributed by atoms with Crippen LogP contribution >= 0.6 is 0 Å². The Morgan fingerprint density at radius 3 is 2.67 bits per heavy atom. The highest BCUT2D eigenvalue weighted by atomic mass is 16.2. The summed E-state index contributed by atoms with van der Waals surface area (Å²) in [5.41, 5.74) is 6.98. The number of pyridine rings is 1. The lowest BCUT2D eigenvalue weighted by molar-refractivity contribution is -0.131. The first-order chi connectivity index (χ1) is 11.5. The molecule has 3 amide bonds. The van der Waals surface area contributed by atoms with Gasteiger partial charge in [0.05, 0.1) is 6.42 Å². The van der Waals surface area contributed by atoms with Crippen LogP contribution in [-0.4, -0.2) is 41.5 Å². The van der Waals surface area contributed by atoms with E-state index in [4.69, 9.17) is 5.73 Å². The summed E-state index contributed by atoms with van der Waals surface area (Å²) in [6.45, 7) is 4.29. The fraction of sp³-hybridized carbons (Fsp3) is 0.611. The molecular formula is C18H28N4O2. The molecule has 1 fully saturated rings. The predicted molar refractivity (Wildman–Crippen MR) is 93.4 cm³/mol. The first-order valence-corrected chi connectivity index (χ1v) is 8.77. The van der Waals surface area contributed by atoms with Crippen molar-refractivity contribution >= 4 is 11.9 Å². The lowest BCUT2D eigenvalue weighted by atomic mass is 9.91. The number of aryl methyl sites for hydroxylation is 1. The van der Waals surface area contributed by atoms with Crippen LogP contribution in [0.2, 0.25) is 0 Å². The number of hydrogen-bond acceptors (Lipinski definition) is 3. The van der Waals surface area contributed by atoms with Crippen LogP contribution in [0.1, 0.15) is 43.4 Å². The van der Waals surface area contributed by atoms with Crippen LogP contribution in [0.15, 0.2) is 18.3 Å². The summed E-state index contributed by atoms with van der Waals surface area (Å²) in [5, 5.41) is 2.61. The molecule has 0 aromatic carbocycles. The van der Waals surface area contributed by atoms with Gasteiger partial charge in [0.15, 0.2) is 0 Å². The molecule has 0 atom stereocenters. The molecule has 2 heterocycles. The minimum atomic E-state index is -0.453. The summed E-state index contributed by atoms with van der Waals surface area (Å²) < 4.78 is 0. The number of nitrogens with zero attached hydrogens (tertiary/aromatic N) is 2. The molecule has 1 aromatic heterocycles. The first-order valence-electron chi connectivity index (χ1n) is 8.77. The number of hydrogen-bond donors (Lipinski definition) is 2. The molecule has 6 nitrogen and oxygen atoms in total. The number of carbonyl (C=O) groups is 2. The van der Waals surface area contributed by atoms with E-state index in [0.717, 1.165) is 56.5 Å². The molecule has 1 aliphatic rings. The molecule has 1 saturated heterocycles. The number of piperidine rings is 1. The Hall–Kier alpha value is -2.11. The van der Waals surface area contributed by atoms with Crippen molar-refractivity contribution < 1.29 is 9.59 Å². The van der Waals surface area contributed by atoms with Gasteiger partial charge in [-0.2, -0.15) is 0 Å². The van der Waals surface area contributed by atoms with E-state index >= 15 is 0 Å². The SMILES string of the molecule is Cc1ccc(CC(=O)N2CCC(CCCCNC(N)=O)CC2)cn1. The van der Waals surface area contributed by atoms with Gasteiger partial charge >= 0.3 is 6.03 Å². The van der Waals surface area contributed by atoms with Gasteiger partial charge < -0.3 is 16.0 Å². The second kappa shape index (κ2) is 9.25. The zero-order chi connectivity index (χ0) is 17.4. The second-order valence-corrected chi connectivity index (χ2v) is 6.60. The van der Waals surface area contributed by atoms with Crippen LogP contribution in [0.25, 0.3) is 0 Å². The molecule has 0 aliphatic carbocycles. The molecule has 3 N–H and O–H groups in total. The van der Waals surface area contributed by atoms with Gasteiger partial charge in [0.25, 0.3) is 0 Å². The average molecular weight is 332 g/mol. The highest BCUT2D eigenvalue weighted by Gasteiger charge is 2.22. The summed E-state index contributed by atoms with van der Waals surface area (Å²) >= 11 is 0. The average Bonchev–Trinajstić information content (AvgIpc) is 2.57. The topological polar surface area (TPSA) is 88.3 Å².